The maximum Gasteiger partial charge on any atom is 0.348 e. The van der Waals surface area contributed by atoms with Crippen LogP contribution in [-0.4, -0.2) is 36.9 Å². The Balaban J connectivity index is 1.50. The number of nitrogens with one attached hydrogen (secondary N) is 2. The topological polar surface area (TPSA) is 145 Å². The highest BCUT2D eigenvalue weighted by Gasteiger charge is 2.23. The SMILES string of the molecule is CCOC(=O)c1sc2nc([C@@H](C)OC(=O)c3ccc(NS(=O)(=O)c4cccc(F)c4C)cc3)[nH]c(=O)c2c1C. The van der Waals surface area contributed by atoms with E-state index in [0.29, 0.717) is 10.4 Å². The molecule has 0 unspecified atom stereocenters. The molecule has 0 aliphatic carbocycles. The maximum absolute atomic E-state index is 13.8. The predicted molar refractivity (Wildman–Crippen MR) is 143 cm³/mol. The molecule has 39 heavy (non-hydrogen) atoms. The zero-order valence-electron chi connectivity index (χ0n) is 21.3. The smallest absolute Gasteiger partial charge is 0.348 e. The molecule has 0 amide bonds. The Morgan fingerprint density at radius 1 is 1.10 bits per heavy atom. The molecule has 2 heterocycles. The number of carbonyl (C=O) groups is 2. The van der Waals surface area contributed by atoms with Crippen molar-refractivity contribution in [3.8, 4) is 0 Å². The van der Waals surface area contributed by atoms with Crippen molar-refractivity contribution < 1.29 is 31.9 Å². The Hall–Kier alpha value is -4.10. The van der Waals surface area contributed by atoms with Gasteiger partial charge in [0.25, 0.3) is 15.6 Å². The first kappa shape index (κ1) is 27.9. The van der Waals surface area contributed by atoms with Crippen molar-refractivity contribution in [2.45, 2.75) is 38.7 Å². The number of halogens is 1. The first-order valence-electron chi connectivity index (χ1n) is 11.7. The van der Waals surface area contributed by atoms with E-state index in [-0.39, 0.29) is 44.4 Å². The number of fused-ring (bicyclic) bond motifs is 1. The molecule has 13 heteroatoms. The Morgan fingerprint density at radius 2 is 1.79 bits per heavy atom. The van der Waals surface area contributed by atoms with Gasteiger partial charge in [0.15, 0.2) is 11.9 Å². The molecule has 0 aliphatic rings. The number of aromatic amines is 1. The van der Waals surface area contributed by atoms with E-state index in [2.05, 4.69) is 14.7 Å². The molecular formula is C26H24FN3O7S2. The molecule has 1 atom stereocenters. The number of benzene rings is 2. The number of nitrogens with zero attached hydrogens (tertiary/aromatic N) is 1. The van der Waals surface area contributed by atoms with Gasteiger partial charge in [0, 0.05) is 11.3 Å². The molecule has 0 bridgehead atoms. The van der Waals surface area contributed by atoms with E-state index in [1.54, 1.807) is 13.8 Å². The average Bonchev–Trinajstić information content (AvgIpc) is 3.22. The van der Waals surface area contributed by atoms with Gasteiger partial charge in [0.1, 0.15) is 15.5 Å². The van der Waals surface area contributed by atoms with Crippen molar-refractivity contribution in [1.82, 2.24) is 9.97 Å². The van der Waals surface area contributed by atoms with Gasteiger partial charge in [-0.25, -0.2) is 27.4 Å². The lowest BCUT2D eigenvalue weighted by atomic mass is 10.2. The number of anilines is 1. The van der Waals surface area contributed by atoms with E-state index in [4.69, 9.17) is 9.47 Å². The van der Waals surface area contributed by atoms with Gasteiger partial charge in [-0.05, 0) is 69.7 Å². The monoisotopic (exact) mass is 573 g/mol. The highest BCUT2D eigenvalue weighted by Crippen LogP contribution is 2.29. The molecule has 2 aromatic carbocycles. The summed E-state index contributed by atoms with van der Waals surface area (Å²) in [5, 5.41) is 0.261. The van der Waals surface area contributed by atoms with Crippen LogP contribution in [0.1, 0.15) is 56.9 Å². The molecule has 2 aromatic heterocycles. The summed E-state index contributed by atoms with van der Waals surface area (Å²) in [7, 11) is -4.06. The molecule has 0 fully saturated rings. The zero-order valence-corrected chi connectivity index (χ0v) is 23.0. The minimum absolute atomic E-state index is 0.0150. The summed E-state index contributed by atoms with van der Waals surface area (Å²) in [5.41, 5.74) is 0.241. The fourth-order valence-corrected chi connectivity index (χ4v) is 6.19. The Morgan fingerprint density at radius 3 is 2.46 bits per heavy atom. The van der Waals surface area contributed by atoms with E-state index in [1.807, 2.05) is 0 Å². The van der Waals surface area contributed by atoms with Crippen LogP contribution in [0.25, 0.3) is 10.2 Å². The number of esters is 2. The van der Waals surface area contributed by atoms with E-state index >= 15 is 0 Å². The summed E-state index contributed by atoms with van der Waals surface area (Å²) in [4.78, 5) is 45.0. The van der Waals surface area contributed by atoms with Crippen molar-refractivity contribution in [2.24, 2.45) is 0 Å². The number of thiophene rings is 1. The van der Waals surface area contributed by atoms with Gasteiger partial charge in [-0.15, -0.1) is 11.3 Å². The molecule has 0 saturated heterocycles. The zero-order chi connectivity index (χ0) is 28.5. The van der Waals surface area contributed by atoms with Crippen molar-refractivity contribution in [2.75, 3.05) is 11.3 Å². The highest BCUT2D eigenvalue weighted by molar-refractivity contribution is 7.92. The number of sulfonamides is 1. The fourth-order valence-electron chi connectivity index (χ4n) is 3.79. The van der Waals surface area contributed by atoms with Crippen molar-refractivity contribution >= 4 is 49.2 Å². The number of H-pyrrole nitrogens is 1. The minimum Gasteiger partial charge on any atom is -0.462 e. The minimum atomic E-state index is -4.06. The first-order valence-corrected chi connectivity index (χ1v) is 14.0. The third kappa shape index (κ3) is 5.68. The Kier molecular flexibility index (Phi) is 7.84. The second-order valence-electron chi connectivity index (χ2n) is 8.50. The molecule has 4 aromatic rings. The number of hydrogen-bond donors (Lipinski definition) is 2. The van der Waals surface area contributed by atoms with Crippen LogP contribution in [0.3, 0.4) is 0 Å². The van der Waals surface area contributed by atoms with Gasteiger partial charge in [-0.1, -0.05) is 6.07 Å². The lowest BCUT2D eigenvalue weighted by molar-refractivity contribution is 0.0319. The number of ether oxygens (including phenoxy) is 2. The largest absolute Gasteiger partial charge is 0.462 e. The maximum atomic E-state index is 13.8. The normalized spacial score (nSPS) is 12.2. The number of aryl methyl sites for hydroxylation is 1. The van der Waals surface area contributed by atoms with Crippen LogP contribution in [0.2, 0.25) is 0 Å². The van der Waals surface area contributed by atoms with Crippen LogP contribution >= 0.6 is 11.3 Å². The van der Waals surface area contributed by atoms with Crippen LogP contribution in [-0.2, 0) is 19.5 Å². The molecule has 0 saturated carbocycles. The molecule has 0 aliphatic heterocycles. The number of aromatic nitrogens is 2. The van der Waals surface area contributed by atoms with Gasteiger partial charge in [-0.3, -0.25) is 9.52 Å². The van der Waals surface area contributed by atoms with Crippen molar-refractivity contribution in [3.05, 3.63) is 86.0 Å². The summed E-state index contributed by atoms with van der Waals surface area (Å²) in [6, 6.07) is 9.21. The van der Waals surface area contributed by atoms with Crippen molar-refractivity contribution in [3.63, 3.8) is 0 Å². The number of rotatable bonds is 8. The average molecular weight is 574 g/mol. The second-order valence-corrected chi connectivity index (χ2v) is 11.2. The Labute approximate surface area is 226 Å². The molecular weight excluding hydrogens is 549 g/mol. The predicted octanol–water partition coefficient (Wildman–Crippen LogP) is 4.64. The van der Waals surface area contributed by atoms with Gasteiger partial charge in [0.2, 0.25) is 0 Å². The molecule has 0 radical (unpaired) electrons. The van der Waals surface area contributed by atoms with E-state index in [9.17, 15) is 27.2 Å². The number of hydrogen-bond acceptors (Lipinski definition) is 9. The van der Waals surface area contributed by atoms with Gasteiger partial charge < -0.3 is 14.5 Å². The summed E-state index contributed by atoms with van der Waals surface area (Å²) >= 11 is 1.02. The van der Waals surface area contributed by atoms with Crippen LogP contribution in [0.4, 0.5) is 10.1 Å². The van der Waals surface area contributed by atoms with Crippen LogP contribution in [0, 0.1) is 19.7 Å². The van der Waals surface area contributed by atoms with Gasteiger partial charge in [0.05, 0.1) is 22.5 Å². The lowest BCUT2D eigenvalue weighted by Crippen LogP contribution is -2.17. The third-order valence-corrected chi connectivity index (χ3v) is 8.52. The Bertz CT molecular complexity index is 1750. The third-order valence-electron chi connectivity index (χ3n) is 5.83. The molecule has 0 spiro atoms. The number of carbonyl (C=O) groups excluding carboxylic acids is 2. The second kappa shape index (κ2) is 10.9. The summed E-state index contributed by atoms with van der Waals surface area (Å²) in [6.07, 6.45) is -0.947. The van der Waals surface area contributed by atoms with Gasteiger partial charge >= 0.3 is 11.9 Å². The highest BCUT2D eigenvalue weighted by atomic mass is 32.2. The summed E-state index contributed by atoms with van der Waals surface area (Å²) < 4.78 is 52.0. The fraction of sp³-hybridized carbons (Fsp3) is 0.231. The van der Waals surface area contributed by atoms with Crippen LogP contribution in [0.15, 0.2) is 52.2 Å². The molecule has 4 rings (SSSR count). The van der Waals surface area contributed by atoms with E-state index in [0.717, 1.165) is 11.3 Å². The van der Waals surface area contributed by atoms with Gasteiger partial charge in [-0.2, -0.15) is 0 Å². The van der Waals surface area contributed by atoms with Crippen LogP contribution < -0.4 is 10.3 Å². The standard InChI is InChI=1S/C26H24FN3O7S2/c1-5-36-26(33)21-14(3)20-23(31)28-22(29-24(20)38-21)15(4)37-25(32)16-9-11-17(12-10-16)30-39(34,35)19-8-6-7-18(27)13(19)2/h6-12,15,30H,5H2,1-4H3,(H,28,29,31)/t15-/m1/s1. The molecule has 10 nitrogen and oxygen atoms in total. The molecule has 2 N–H and O–H groups in total. The van der Waals surface area contributed by atoms with Crippen LogP contribution in [0.5, 0.6) is 0 Å². The van der Waals surface area contributed by atoms with Crippen molar-refractivity contribution in [1.29, 1.82) is 0 Å². The quantitative estimate of drug-likeness (QED) is 0.290. The molecule has 204 valence electrons. The lowest BCUT2D eigenvalue weighted by Gasteiger charge is -2.13. The first-order chi connectivity index (χ1) is 18.4. The summed E-state index contributed by atoms with van der Waals surface area (Å²) in [6.45, 7) is 6.39. The summed E-state index contributed by atoms with van der Waals surface area (Å²) in [5.74, 6) is -1.84. The van der Waals surface area contributed by atoms with E-state index in [1.165, 1.54) is 56.3 Å². The van der Waals surface area contributed by atoms with E-state index < -0.39 is 39.4 Å².